The number of hydrogen-bond donors (Lipinski definition) is 0. The first-order chi connectivity index (χ1) is 24.8. The summed E-state index contributed by atoms with van der Waals surface area (Å²) in [6.45, 7) is 0. The molecule has 1 heterocycles. The molecule has 0 unspecified atom stereocenters. The third-order valence-electron chi connectivity index (χ3n) is 9.32. The minimum absolute atomic E-state index is 0.629. The number of rotatable bonds is 7. The predicted octanol–water partition coefficient (Wildman–Crippen LogP) is 13.1. The van der Waals surface area contributed by atoms with E-state index in [-0.39, 0.29) is 0 Å². The van der Waals surface area contributed by atoms with Crippen molar-refractivity contribution in [3.05, 3.63) is 194 Å². The van der Waals surface area contributed by atoms with Crippen molar-refractivity contribution in [2.24, 2.45) is 0 Å². The van der Waals surface area contributed by atoms with Crippen molar-refractivity contribution < 1.29 is 4.42 Å². The molecule has 0 amide bonds. The monoisotopic (exact) mass is 640 g/mol. The summed E-state index contributed by atoms with van der Waals surface area (Å²) in [7, 11) is 0. The van der Waals surface area contributed by atoms with Crippen LogP contribution in [0.1, 0.15) is 0 Å². The molecule has 0 N–H and O–H groups in total. The van der Waals surface area contributed by atoms with E-state index in [0.29, 0.717) is 5.89 Å². The summed E-state index contributed by atoms with van der Waals surface area (Å²) in [6.07, 6.45) is 0. The van der Waals surface area contributed by atoms with E-state index in [1.807, 2.05) is 30.3 Å². The third-order valence-corrected chi connectivity index (χ3v) is 9.32. The first-order valence-electron chi connectivity index (χ1n) is 16.9. The lowest BCUT2D eigenvalue weighted by molar-refractivity contribution is 0.623. The Kier molecular flexibility index (Phi) is 7.49. The molecule has 0 aliphatic rings. The van der Waals surface area contributed by atoms with Crippen molar-refractivity contribution in [3.63, 3.8) is 0 Å². The van der Waals surface area contributed by atoms with Gasteiger partial charge in [-0.05, 0) is 81.7 Å². The fraction of sp³-hybridized carbons (Fsp3) is 0. The zero-order valence-electron chi connectivity index (χ0n) is 27.3. The van der Waals surface area contributed by atoms with Crippen molar-refractivity contribution in [1.29, 1.82) is 0 Å². The van der Waals surface area contributed by atoms with Gasteiger partial charge < -0.3 is 9.32 Å². The first kappa shape index (κ1) is 29.4. The molecule has 0 aliphatic carbocycles. The maximum atomic E-state index is 6.37. The highest BCUT2D eigenvalue weighted by Crippen LogP contribution is 2.43. The van der Waals surface area contributed by atoms with Gasteiger partial charge >= 0.3 is 0 Å². The van der Waals surface area contributed by atoms with Gasteiger partial charge in [0.2, 0.25) is 5.89 Å². The molecule has 0 atom stereocenters. The molecule has 0 spiro atoms. The van der Waals surface area contributed by atoms with Crippen molar-refractivity contribution in [1.82, 2.24) is 4.98 Å². The van der Waals surface area contributed by atoms with Crippen LogP contribution < -0.4 is 4.90 Å². The average Bonchev–Trinajstić information content (AvgIpc) is 3.64. The second kappa shape index (κ2) is 12.7. The molecule has 0 saturated heterocycles. The number of aromatic nitrogens is 1. The molecule has 9 rings (SSSR count). The van der Waals surface area contributed by atoms with Gasteiger partial charge in [-0.1, -0.05) is 146 Å². The summed E-state index contributed by atoms with van der Waals surface area (Å²) in [5.74, 6) is 0.629. The number of oxazole rings is 1. The SMILES string of the molecule is c1ccc(-c2ccc(N(c3ccc(-c4cc5nc(-c6ccccc6)oc5c5ccccc45)cc3)c3ccccc3-c3ccccc3)cc2)cc1. The number of fused-ring (bicyclic) bond motifs is 3. The Morgan fingerprint density at radius 3 is 1.52 bits per heavy atom. The molecule has 50 heavy (non-hydrogen) atoms. The number of para-hydroxylation sites is 1. The summed E-state index contributed by atoms with van der Waals surface area (Å²) < 4.78 is 6.37. The van der Waals surface area contributed by atoms with Crippen molar-refractivity contribution >= 4 is 38.9 Å². The third kappa shape index (κ3) is 5.41. The van der Waals surface area contributed by atoms with Gasteiger partial charge in [0.25, 0.3) is 0 Å². The molecule has 0 aliphatic heterocycles. The number of hydrogen-bond acceptors (Lipinski definition) is 3. The van der Waals surface area contributed by atoms with Crippen molar-refractivity contribution in [2.45, 2.75) is 0 Å². The van der Waals surface area contributed by atoms with Gasteiger partial charge in [-0.2, -0.15) is 0 Å². The Balaban J connectivity index is 1.16. The molecule has 0 bridgehead atoms. The molecule has 1 aromatic heterocycles. The minimum atomic E-state index is 0.629. The lowest BCUT2D eigenvalue weighted by atomic mass is 9.96. The molecule has 0 radical (unpaired) electrons. The van der Waals surface area contributed by atoms with Crippen LogP contribution in [0.3, 0.4) is 0 Å². The Bertz CT molecular complexity index is 2560. The van der Waals surface area contributed by atoms with Crippen LogP contribution in [-0.4, -0.2) is 4.98 Å². The van der Waals surface area contributed by atoms with E-state index < -0.39 is 0 Å². The number of anilines is 3. The molecular formula is C47H32N2O. The van der Waals surface area contributed by atoms with E-state index in [1.165, 1.54) is 22.3 Å². The second-order valence-electron chi connectivity index (χ2n) is 12.4. The quantitative estimate of drug-likeness (QED) is 0.174. The summed E-state index contributed by atoms with van der Waals surface area (Å²) in [6, 6.07) is 68.2. The standard InChI is InChI=1S/C47H32N2O/c1-4-14-33(15-5-1)34-24-28-38(29-25-34)49(45-23-13-12-20-40(45)35-16-6-2-7-17-35)39-30-26-36(27-31-39)43-32-44-46(42-22-11-10-21-41(42)43)50-47(48-44)37-18-8-3-9-19-37/h1-32H. The Labute approximate surface area is 291 Å². The largest absolute Gasteiger partial charge is 0.435 e. The topological polar surface area (TPSA) is 29.3 Å². The first-order valence-corrected chi connectivity index (χ1v) is 16.9. The number of benzene rings is 8. The Morgan fingerprint density at radius 1 is 0.380 bits per heavy atom. The van der Waals surface area contributed by atoms with Crippen LogP contribution in [0.4, 0.5) is 17.1 Å². The summed E-state index contributed by atoms with van der Waals surface area (Å²) >= 11 is 0. The zero-order chi connectivity index (χ0) is 33.3. The van der Waals surface area contributed by atoms with Crippen LogP contribution in [0.2, 0.25) is 0 Å². The van der Waals surface area contributed by atoms with E-state index in [2.05, 4.69) is 169 Å². The molecule has 8 aromatic carbocycles. The molecule has 0 fully saturated rings. The van der Waals surface area contributed by atoms with Crippen LogP contribution in [0, 0.1) is 0 Å². The van der Waals surface area contributed by atoms with Crippen LogP contribution in [0.25, 0.3) is 66.7 Å². The highest BCUT2D eigenvalue weighted by Gasteiger charge is 2.19. The van der Waals surface area contributed by atoms with Gasteiger partial charge in [0.05, 0.1) is 5.69 Å². The van der Waals surface area contributed by atoms with Crippen LogP contribution in [0.5, 0.6) is 0 Å². The van der Waals surface area contributed by atoms with Gasteiger partial charge in [0.15, 0.2) is 5.58 Å². The predicted molar refractivity (Wildman–Crippen MR) is 208 cm³/mol. The molecule has 0 saturated carbocycles. The van der Waals surface area contributed by atoms with Gasteiger partial charge in [0.1, 0.15) is 5.52 Å². The summed E-state index contributed by atoms with van der Waals surface area (Å²) in [5, 5.41) is 2.18. The minimum Gasteiger partial charge on any atom is -0.435 e. The van der Waals surface area contributed by atoms with Gasteiger partial charge in [-0.15, -0.1) is 0 Å². The Hall–Kier alpha value is -6.71. The molecule has 3 heteroatoms. The molecule has 236 valence electrons. The van der Waals surface area contributed by atoms with E-state index in [1.54, 1.807) is 0 Å². The van der Waals surface area contributed by atoms with E-state index in [4.69, 9.17) is 9.40 Å². The normalized spacial score (nSPS) is 11.2. The summed E-state index contributed by atoms with van der Waals surface area (Å²) in [5.41, 5.74) is 12.9. The van der Waals surface area contributed by atoms with Gasteiger partial charge in [0, 0.05) is 27.9 Å². The smallest absolute Gasteiger partial charge is 0.227 e. The highest BCUT2D eigenvalue weighted by molar-refractivity contribution is 6.11. The zero-order valence-corrected chi connectivity index (χ0v) is 27.3. The van der Waals surface area contributed by atoms with Gasteiger partial charge in [-0.25, -0.2) is 4.98 Å². The van der Waals surface area contributed by atoms with Crippen LogP contribution in [-0.2, 0) is 0 Å². The van der Waals surface area contributed by atoms with Crippen LogP contribution >= 0.6 is 0 Å². The number of nitrogens with zero attached hydrogens (tertiary/aromatic N) is 2. The fourth-order valence-corrected chi connectivity index (χ4v) is 6.88. The fourth-order valence-electron chi connectivity index (χ4n) is 6.88. The second-order valence-corrected chi connectivity index (χ2v) is 12.4. The van der Waals surface area contributed by atoms with E-state index in [9.17, 15) is 0 Å². The Morgan fingerprint density at radius 2 is 0.860 bits per heavy atom. The van der Waals surface area contributed by atoms with Crippen molar-refractivity contribution in [2.75, 3.05) is 4.90 Å². The lowest BCUT2D eigenvalue weighted by Crippen LogP contribution is -2.11. The van der Waals surface area contributed by atoms with Crippen molar-refractivity contribution in [3.8, 4) is 44.8 Å². The lowest BCUT2D eigenvalue weighted by Gasteiger charge is -2.28. The maximum absolute atomic E-state index is 6.37. The highest BCUT2D eigenvalue weighted by atomic mass is 16.3. The molecule has 3 nitrogen and oxygen atoms in total. The van der Waals surface area contributed by atoms with Gasteiger partial charge in [-0.3, -0.25) is 0 Å². The summed E-state index contributed by atoms with van der Waals surface area (Å²) in [4.78, 5) is 7.29. The van der Waals surface area contributed by atoms with E-state index >= 15 is 0 Å². The van der Waals surface area contributed by atoms with E-state index in [0.717, 1.165) is 55.6 Å². The van der Waals surface area contributed by atoms with Crippen LogP contribution in [0.15, 0.2) is 199 Å². The average molecular weight is 641 g/mol. The molecule has 9 aromatic rings. The maximum Gasteiger partial charge on any atom is 0.227 e. The molecular weight excluding hydrogens is 609 g/mol.